The summed E-state index contributed by atoms with van der Waals surface area (Å²) in [6.45, 7) is 4.75. The largest absolute Gasteiger partial charge is 0.459 e. The van der Waals surface area contributed by atoms with Gasteiger partial charge in [0.2, 0.25) is 0 Å². The van der Waals surface area contributed by atoms with Gasteiger partial charge in [-0.2, -0.15) is 5.10 Å². The van der Waals surface area contributed by atoms with E-state index in [1.807, 2.05) is 26.0 Å². The van der Waals surface area contributed by atoms with Crippen LogP contribution in [0.4, 0.5) is 0 Å². The van der Waals surface area contributed by atoms with Crippen LogP contribution in [-0.2, 0) is 6.54 Å². The van der Waals surface area contributed by atoms with Crippen molar-refractivity contribution in [3.8, 4) is 11.3 Å². The number of benzene rings is 1. The van der Waals surface area contributed by atoms with Crippen molar-refractivity contribution in [2.24, 2.45) is 0 Å². The molecule has 7 nitrogen and oxygen atoms in total. The number of nitrogens with zero attached hydrogens (tertiary/aromatic N) is 3. The van der Waals surface area contributed by atoms with Gasteiger partial charge in [0.1, 0.15) is 5.52 Å². The van der Waals surface area contributed by atoms with Gasteiger partial charge in [-0.1, -0.05) is 23.8 Å². The van der Waals surface area contributed by atoms with Gasteiger partial charge in [0.05, 0.1) is 12.0 Å². The first-order valence-electron chi connectivity index (χ1n) is 9.01. The maximum absolute atomic E-state index is 12.8. The predicted molar refractivity (Wildman–Crippen MR) is 105 cm³/mol. The minimum Gasteiger partial charge on any atom is -0.459 e. The second kappa shape index (κ2) is 7.19. The number of fused-ring (bicyclic) bond motifs is 1. The molecule has 0 aliphatic carbocycles. The molecule has 0 atom stereocenters. The van der Waals surface area contributed by atoms with Crippen LogP contribution < -0.4 is 10.9 Å². The average molecular weight is 376 g/mol. The summed E-state index contributed by atoms with van der Waals surface area (Å²) in [6, 6.07) is 11.2. The second-order valence-corrected chi connectivity index (χ2v) is 6.71. The molecule has 1 amide bonds. The zero-order chi connectivity index (χ0) is 19.7. The molecule has 0 saturated heterocycles. The van der Waals surface area contributed by atoms with Crippen molar-refractivity contribution < 1.29 is 9.21 Å². The number of amides is 1. The molecule has 3 heterocycles. The number of aryl methyl sites for hydroxylation is 2. The molecule has 0 aliphatic rings. The lowest BCUT2D eigenvalue weighted by atomic mass is 10.0. The third-order valence-electron chi connectivity index (χ3n) is 4.64. The SMILES string of the molecule is Cc1ccc(-c2cc3c(=O)n(CCNC(=O)c4ccco4)ccn3n2)c(C)c1. The number of aromatic nitrogens is 3. The third kappa shape index (κ3) is 3.34. The first kappa shape index (κ1) is 17.8. The zero-order valence-electron chi connectivity index (χ0n) is 15.7. The number of hydrogen-bond acceptors (Lipinski definition) is 4. The molecule has 0 bridgehead atoms. The van der Waals surface area contributed by atoms with Crippen molar-refractivity contribution in [3.05, 3.63) is 82.3 Å². The molecule has 0 radical (unpaired) electrons. The lowest BCUT2D eigenvalue weighted by molar-refractivity contribution is 0.0924. The van der Waals surface area contributed by atoms with Crippen LogP contribution in [-0.4, -0.2) is 26.6 Å². The summed E-state index contributed by atoms with van der Waals surface area (Å²) in [4.78, 5) is 24.7. The molecule has 0 aliphatic heterocycles. The molecule has 3 aromatic heterocycles. The van der Waals surface area contributed by atoms with Crippen LogP contribution >= 0.6 is 0 Å². The number of rotatable bonds is 5. The van der Waals surface area contributed by atoms with Crippen molar-refractivity contribution in [1.82, 2.24) is 19.5 Å². The highest BCUT2D eigenvalue weighted by molar-refractivity contribution is 5.91. The Morgan fingerprint density at radius 1 is 1.18 bits per heavy atom. The Balaban J connectivity index is 1.55. The van der Waals surface area contributed by atoms with Crippen molar-refractivity contribution in [1.29, 1.82) is 0 Å². The molecule has 1 aromatic carbocycles. The molecule has 4 aromatic rings. The molecular formula is C21H20N4O3. The molecule has 28 heavy (non-hydrogen) atoms. The Bertz CT molecular complexity index is 1200. The van der Waals surface area contributed by atoms with E-state index in [-0.39, 0.29) is 17.2 Å². The fraction of sp³-hybridized carbons (Fsp3) is 0.190. The summed E-state index contributed by atoms with van der Waals surface area (Å²) < 4.78 is 8.20. The van der Waals surface area contributed by atoms with Gasteiger partial charge in [-0.15, -0.1) is 0 Å². The molecule has 0 unspecified atom stereocenters. The summed E-state index contributed by atoms with van der Waals surface area (Å²) in [5.41, 5.74) is 4.41. The van der Waals surface area contributed by atoms with Crippen LogP contribution in [0.3, 0.4) is 0 Å². The predicted octanol–water partition coefficient (Wildman–Crippen LogP) is 2.80. The lowest BCUT2D eigenvalue weighted by Crippen LogP contribution is -2.30. The Hall–Kier alpha value is -3.61. The lowest BCUT2D eigenvalue weighted by Gasteiger charge is -2.06. The maximum atomic E-state index is 12.8. The van der Waals surface area contributed by atoms with E-state index in [1.165, 1.54) is 11.8 Å². The van der Waals surface area contributed by atoms with Crippen LogP contribution in [0, 0.1) is 13.8 Å². The number of furan rings is 1. The molecule has 0 saturated carbocycles. The van der Waals surface area contributed by atoms with Crippen LogP contribution in [0.5, 0.6) is 0 Å². The smallest absolute Gasteiger partial charge is 0.287 e. The Morgan fingerprint density at radius 3 is 2.79 bits per heavy atom. The fourth-order valence-corrected chi connectivity index (χ4v) is 3.22. The van der Waals surface area contributed by atoms with E-state index in [4.69, 9.17) is 4.42 Å². The summed E-state index contributed by atoms with van der Waals surface area (Å²) in [5, 5.41) is 7.28. The summed E-state index contributed by atoms with van der Waals surface area (Å²) in [5.74, 6) is -0.0580. The Morgan fingerprint density at radius 2 is 2.04 bits per heavy atom. The minimum atomic E-state index is -0.305. The van der Waals surface area contributed by atoms with Crippen LogP contribution in [0.1, 0.15) is 21.7 Å². The number of carbonyl (C=O) groups is 1. The second-order valence-electron chi connectivity index (χ2n) is 6.71. The van der Waals surface area contributed by atoms with Crippen molar-refractivity contribution in [3.63, 3.8) is 0 Å². The van der Waals surface area contributed by atoms with Gasteiger partial charge in [0.15, 0.2) is 5.76 Å². The van der Waals surface area contributed by atoms with Crippen molar-refractivity contribution in [2.75, 3.05) is 6.54 Å². The fourth-order valence-electron chi connectivity index (χ4n) is 3.22. The zero-order valence-corrected chi connectivity index (χ0v) is 15.7. The van der Waals surface area contributed by atoms with E-state index in [0.717, 1.165) is 16.8 Å². The molecule has 142 valence electrons. The highest BCUT2D eigenvalue weighted by atomic mass is 16.3. The van der Waals surface area contributed by atoms with Gasteiger partial charge in [-0.25, -0.2) is 4.52 Å². The molecule has 0 spiro atoms. The van der Waals surface area contributed by atoms with Crippen molar-refractivity contribution in [2.45, 2.75) is 20.4 Å². The van der Waals surface area contributed by atoms with E-state index in [2.05, 4.69) is 16.5 Å². The normalized spacial score (nSPS) is 11.1. The molecular weight excluding hydrogens is 356 g/mol. The summed E-state index contributed by atoms with van der Waals surface area (Å²) >= 11 is 0. The van der Waals surface area contributed by atoms with Gasteiger partial charge < -0.3 is 14.3 Å². The first-order valence-corrected chi connectivity index (χ1v) is 9.01. The topological polar surface area (TPSA) is 81.5 Å². The Labute approximate surface area is 161 Å². The van der Waals surface area contributed by atoms with Crippen LogP contribution in [0.25, 0.3) is 16.8 Å². The molecule has 4 rings (SSSR count). The van der Waals surface area contributed by atoms with Gasteiger partial charge >= 0.3 is 0 Å². The van der Waals surface area contributed by atoms with Gasteiger partial charge in [0, 0.05) is 31.0 Å². The summed E-state index contributed by atoms with van der Waals surface area (Å²) in [6.07, 6.45) is 4.87. The van der Waals surface area contributed by atoms with E-state index < -0.39 is 0 Å². The molecule has 1 N–H and O–H groups in total. The van der Waals surface area contributed by atoms with E-state index in [1.54, 1.807) is 39.7 Å². The monoisotopic (exact) mass is 376 g/mol. The van der Waals surface area contributed by atoms with Gasteiger partial charge in [0.25, 0.3) is 11.5 Å². The van der Waals surface area contributed by atoms with Crippen LogP contribution in [0.15, 0.2) is 64.3 Å². The molecule has 0 fully saturated rings. The Kier molecular flexibility index (Phi) is 4.57. The quantitative estimate of drug-likeness (QED) is 0.581. The highest BCUT2D eigenvalue weighted by Crippen LogP contribution is 2.23. The average Bonchev–Trinajstić information content (AvgIpc) is 3.33. The standard InChI is InChI=1S/C21H20N4O3/c1-14-5-6-16(15(2)12-14)17-13-18-21(27)24(9-10-25(18)23-17)8-7-22-20(26)19-4-3-11-28-19/h3-6,9-13H,7-8H2,1-2H3,(H,22,26). The van der Waals surface area contributed by atoms with E-state index >= 15 is 0 Å². The minimum absolute atomic E-state index is 0.154. The maximum Gasteiger partial charge on any atom is 0.287 e. The van der Waals surface area contributed by atoms with Gasteiger partial charge in [-0.3, -0.25) is 9.59 Å². The first-order chi connectivity index (χ1) is 13.5. The molecule has 7 heteroatoms. The number of hydrogen-bond donors (Lipinski definition) is 1. The highest BCUT2D eigenvalue weighted by Gasteiger charge is 2.12. The van der Waals surface area contributed by atoms with Crippen molar-refractivity contribution >= 4 is 11.4 Å². The number of nitrogens with one attached hydrogen (secondary N) is 1. The van der Waals surface area contributed by atoms with E-state index in [0.29, 0.717) is 18.6 Å². The van der Waals surface area contributed by atoms with E-state index in [9.17, 15) is 9.59 Å². The number of carbonyl (C=O) groups excluding carboxylic acids is 1. The summed E-state index contributed by atoms with van der Waals surface area (Å²) in [7, 11) is 0. The van der Waals surface area contributed by atoms with Gasteiger partial charge in [-0.05, 0) is 37.6 Å². The third-order valence-corrected chi connectivity index (χ3v) is 4.64. The van der Waals surface area contributed by atoms with Crippen LogP contribution in [0.2, 0.25) is 0 Å².